The highest BCUT2D eigenvalue weighted by Gasteiger charge is 2.21. The second-order valence-corrected chi connectivity index (χ2v) is 7.28. The smallest absolute Gasteiger partial charge is 0.234 e. The molecule has 1 aliphatic heterocycles. The van der Waals surface area contributed by atoms with Gasteiger partial charge in [0, 0.05) is 56.4 Å². The summed E-state index contributed by atoms with van der Waals surface area (Å²) >= 11 is 6.02. The number of carbonyl (C=O) groups excluding carboxylic acids is 1. The molecule has 0 aliphatic carbocycles. The van der Waals surface area contributed by atoms with Gasteiger partial charge >= 0.3 is 0 Å². The van der Waals surface area contributed by atoms with Crippen LogP contribution in [0.4, 0.5) is 0 Å². The van der Waals surface area contributed by atoms with Crippen molar-refractivity contribution >= 4 is 23.5 Å². The molecule has 0 spiro atoms. The average Bonchev–Trinajstić information content (AvgIpc) is 2.63. The predicted molar refractivity (Wildman–Crippen MR) is 109 cm³/mol. The summed E-state index contributed by atoms with van der Waals surface area (Å²) in [6.45, 7) is 8.30. The van der Waals surface area contributed by atoms with Crippen LogP contribution in [0.25, 0.3) is 0 Å². The van der Waals surface area contributed by atoms with E-state index in [-0.39, 0.29) is 11.9 Å². The van der Waals surface area contributed by atoms with E-state index < -0.39 is 0 Å². The molecule has 2 N–H and O–H groups in total. The fourth-order valence-electron chi connectivity index (χ4n) is 3.06. The van der Waals surface area contributed by atoms with Gasteiger partial charge in [-0.15, -0.1) is 0 Å². The zero-order valence-corrected chi connectivity index (χ0v) is 17.3. The van der Waals surface area contributed by atoms with Crippen LogP contribution < -0.4 is 15.4 Å². The van der Waals surface area contributed by atoms with Gasteiger partial charge < -0.3 is 20.3 Å². The highest BCUT2D eigenvalue weighted by Crippen LogP contribution is 2.22. The molecule has 1 aromatic rings. The lowest BCUT2D eigenvalue weighted by molar-refractivity contribution is -0.123. The molecule has 150 valence electrons. The fourth-order valence-corrected chi connectivity index (χ4v) is 3.22. The SMILES string of the molecule is CN=C(NCc1ccc(Cl)cc1OC)N1CCN(CC(=O)NC(C)C)CC1. The highest BCUT2D eigenvalue weighted by atomic mass is 35.5. The Labute approximate surface area is 166 Å². The minimum atomic E-state index is 0.0794. The molecule has 1 fully saturated rings. The molecule has 0 aromatic heterocycles. The van der Waals surface area contributed by atoms with Crippen molar-refractivity contribution in [1.29, 1.82) is 0 Å². The summed E-state index contributed by atoms with van der Waals surface area (Å²) in [6.07, 6.45) is 0. The van der Waals surface area contributed by atoms with Crippen LogP contribution in [-0.4, -0.2) is 74.6 Å². The zero-order valence-electron chi connectivity index (χ0n) is 16.6. The second kappa shape index (κ2) is 10.4. The van der Waals surface area contributed by atoms with Crippen LogP contribution in [0.2, 0.25) is 5.02 Å². The quantitative estimate of drug-likeness (QED) is 0.565. The number of methoxy groups -OCH3 is 1. The van der Waals surface area contributed by atoms with Crippen molar-refractivity contribution in [3.63, 3.8) is 0 Å². The van der Waals surface area contributed by atoms with E-state index >= 15 is 0 Å². The van der Waals surface area contributed by atoms with Crippen LogP contribution >= 0.6 is 11.6 Å². The topological polar surface area (TPSA) is 69.2 Å². The minimum absolute atomic E-state index is 0.0794. The van der Waals surface area contributed by atoms with Gasteiger partial charge in [-0.1, -0.05) is 17.7 Å². The number of ether oxygens (including phenoxy) is 1. The van der Waals surface area contributed by atoms with Crippen LogP contribution in [0.3, 0.4) is 0 Å². The van der Waals surface area contributed by atoms with Gasteiger partial charge in [0.2, 0.25) is 5.91 Å². The molecule has 1 aliphatic rings. The Bertz CT molecular complexity index is 658. The van der Waals surface area contributed by atoms with Crippen LogP contribution in [-0.2, 0) is 11.3 Å². The maximum atomic E-state index is 11.9. The lowest BCUT2D eigenvalue weighted by Gasteiger charge is -2.36. The summed E-state index contributed by atoms with van der Waals surface area (Å²) in [5.74, 6) is 1.68. The molecular weight excluding hydrogens is 366 g/mol. The van der Waals surface area contributed by atoms with Crippen LogP contribution in [0.5, 0.6) is 5.75 Å². The number of halogens is 1. The van der Waals surface area contributed by atoms with E-state index in [9.17, 15) is 4.79 Å². The molecule has 27 heavy (non-hydrogen) atoms. The van der Waals surface area contributed by atoms with Crippen molar-refractivity contribution in [2.45, 2.75) is 26.4 Å². The van der Waals surface area contributed by atoms with Gasteiger partial charge in [0.25, 0.3) is 0 Å². The molecule has 0 atom stereocenters. The van der Waals surface area contributed by atoms with Crippen LogP contribution in [0, 0.1) is 0 Å². The van der Waals surface area contributed by atoms with Crippen LogP contribution in [0.1, 0.15) is 19.4 Å². The minimum Gasteiger partial charge on any atom is -0.496 e. The average molecular weight is 396 g/mol. The monoisotopic (exact) mass is 395 g/mol. The first-order valence-electron chi connectivity index (χ1n) is 9.22. The number of benzene rings is 1. The first kappa shape index (κ1) is 21.3. The van der Waals surface area contributed by atoms with Gasteiger partial charge in [-0.2, -0.15) is 0 Å². The van der Waals surface area contributed by atoms with Gasteiger partial charge in [-0.05, 0) is 26.0 Å². The van der Waals surface area contributed by atoms with Gasteiger partial charge in [0.15, 0.2) is 5.96 Å². The van der Waals surface area contributed by atoms with E-state index in [1.54, 1.807) is 14.2 Å². The van der Waals surface area contributed by atoms with Crippen molar-refractivity contribution in [1.82, 2.24) is 20.4 Å². The van der Waals surface area contributed by atoms with Gasteiger partial charge in [0.1, 0.15) is 5.75 Å². The summed E-state index contributed by atoms with van der Waals surface area (Å²) in [5, 5.41) is 6.97. The van der Waals surface area contributed by atoms with Crippen molar-refractivity contribution in [2.24, 2.45) is 4.99 Å². The number of hydrogen-bond acceptors (Lipinski definition) is 4. The van der Waals surface area contributed by atoms with E-state index in [1.807, 2.05) is 32.0 Å². The number of hydrogen-bond donors (Lipinski definition) is 2. The Kier molecular flexibility index (Phi) is 8.19. The molecule has 0 bridgehead atoms. The van der Waals surface area contributed by atoms with E-state index in [4.69, 9.17) is 16.3 Å². The Morgan fingerprint density at radius 1 is 1.30 bits per heavy atom. The normalized spacial score (nSPS) is 15.8. The molecule has 1 amide bonds. The van der Waals surface area contributed by atoms with E-state index in [2.05, 4.69) is 25.4 Å². The number of rotatable bonds is 6. The number of guanidine groups is 1. The number of nitrogens with one attached hydrogen (secondary N) is 2. The summed E-state index contributed by atoms with van der Waals surface area (Å²) in [5.41, 5.74) is 1.02. The standard InChI is InChI=1S/C19H30ClN5O2/c1-14(2)23-18(26)13-24-7-9-25(10-8-24)19(21-3)22-12-15-5-6-16(20)11-17(15)27-4/h5-6,11,14H,7-10,12-13H2,1-4H3,(H,21,22)(H,23,26). The molecule has 1 aromatic carbocycles. The van der Waals surface area contributed by atoms with E-state index in [0.29, 0.717) is 18.1 Å². The molecule has 1 heterocycles. The van der Waals surface area contributed by atoms with Crippen LogP contribution in [0.15, 0.2) is 23.2 Å². The summed E-state index contributed by atoms with van der Waals surface area (Å²) in [7, 11) is 3.42. The van der Waals surface area contributed by atoms with Crippen molar-refractivity contribution < 1.29 is 9.53 Å². The Balaban J connectivity index is 1.84. The number of carbonyl (C=O) groups is 1. The van der Waals surface area contributed by atoms with Gasteiger partial charge in [-0.25, -0.2) is 0 Å². The van der Waals surface area contributed by atoms with Crippen molar-refractivity contribution in [2.75, 3.05) is 46.9 Å². The maximum Gasteiger partial charge on any atom is 0.234 e. The number of amides is 1. The third-order valence-corrected chi connectivity index (χ3v) is 4.62. The first-order valence-corrected chi connectivity index (χ1v) is 9.60. The van der Waals surface area contributed by atoms with E-state index in [0.717, 1.165) is 43.5 Å². The molecular formula is C19H30ClN5O2. The molecule has 0 saturated carbocycles. The number of piperazine rings is 1. The zero-order chi connectivity index (χ0) is 19.8. The number of aliphatic imine (C=N–C) groups is 1. The van der Waals surface area contributed by atoms with Gasteiger partial charge in [0.05, 0.1) is 13.7 Å². The Morgan fingerprint density at radius 2 is 2.00 bits per heavy atom. The first-order chi connectivity index (χ1) is 12.9. The molecule has 8 heteroatoms. The van der Waals surface area contributed by atoms with Crippen molar-refractivity contribution in [3.05, 3.63) is 28.8 Å². The fraction of sp³-hybridized carbons (Fsp3) is 0.579. The summed E-state index contributed by atoms with van der Waals surface area (Å²) < 4.78 is 5.39. The van der Waals surface area contributed by atoms with E-state index in [1.165, 1.54) is 0 Å². The van der Waals surface area contributed by atoms with Gasteiger partial charge in [-0.3, -0.25) is 14.7 Å². The molecule has 7 nitrogen and oxygen atoms in total. The lowest BCUT2D eigenvalue weighted by atomic mass is 10.2. The summed E-state index contributed by atoms with van der Waals surface area (Å²) in [4.78, 5) is 20.7. The third kappa shape index (κ3) is 6.59. The maximum absolute atomic E-state index is 11.9. The highest BCUT2D eigenvalue weighted by molar-refractivity contribution is 6.30. The largest absolute Gasteiger partial charge is 0.496 e. The summed E-state index contributed by atoms with van der Waals surface area (Å²) in [6, 6.07) is 5.78. The predicted octanol–water partition coefficient (Wildman–Crippen LogP) is 1.57. The lowest BCUT2D eigenvalue weighted by Crippen LogP contribution is -2.54. The number of nitrogens with zero attached hydrogens (tertiary/aromatic N) is 3. The Hall–Kier alpha value is -1.99. The van der Waals surface area contributed by atoms with Crippen molar-refractivity contribution in [3.8, 4) is 5.75 Å². The molecule has 1 saturated heterocycles. The molecule has 0 unspecified atom stereocenters. The third-order valence-electron chi connectivity index (χ3n) is 4.39. The molecule has 2 rings (SSSR count). The Morgan fingerprint density at radius 3 is 2.59 bits per heavy atom. The second-order valence-electron chi connectivity index (χ2n) is 6.84. The molecule has 0 radical (unpaired) electrons.